The number of aliphatic hydroxyl groups is 1. The summed E-state index contributed by atoms with van der Waals surface area (Å²) in [7, 11) is 0. The zero-order chi connectivity index (χ0) is 26.5. The molecule has 1 aromatic carbocycles. The van der Waals surface area contributed by atoms with Crippen LogP contribution in [0, 0.1) is 58.2 Å². The van der Waals surface area contributed by atoms with Gasteiger partial charge in [0.05, 0.1) is 6.10 Å². The molecule has 0 amide bonds. The smallest absolute Gasteiger partial charge is 0.142 e. The standard InChI is InChI=1S/C35H52O2/c1-22(2)11-10-12-23(3)28-17-18-30-26-15-16-29-24(4)32(36)27(33(37)25-13-8-7-9-14-25)21-35(29,6)31(26)19-20-34(28,30)5/h7-9,13-15,22-24,27-31,33,37H,10-12,16-21H2,1-6H3/t23-,24+,27?,28-,29?,30+,31+,33?,34-,35+/m1/s1. The third kappa shape index (κ3) is 4.58. The van der Waals surface area contributed by atoms with Gasteiger partial charge in [0, 0.05) is 11.8 Å². The van der Waals surface area contributed by atoms with Gasteiger partial charge in [0.25, 0.3) is 0 Å². The molecule has 0 saturated heterocycles. The maximum absolute atomic E-state index is 13.6. The van der Waals surface area contributed by atoms with Crippen LogP contribution < -0.4 is 0 Å². The number of ketones is 1. The summed E-state index contributed by atoms with van der Waals surface area (Å²) in [6.07, 6.45) is 13.2. The first kappa shape index (κ1) is 27.2. The first-order chi connectivity index (χ1) is 17.6. The lowest BCUT2D eigenvalue weighted by atomic mass is 9.45. The molecule has 0 aromatic heterocycles. The Morgan fingerprint density at radius 2 is 1.68 bits per heavy atom. The van der Waals surface area contributed by atoms with Gasteiger partial charge in [0.15, 0.2) is 0 Å². The Hall–Kier alpha value is -1.41. The molecule has 3 fully saturated rings. The predicted molar refractivity (Wildman–Crippen MR) is 153 cm³/mol. The van der Waals surface area contributed by atoms with Gasteiger partial charge in [-0.25, -0.2) is 0 Å². The molecule has 0 radical (unpaired) electrons. The highest BCUT2D eigenvalue weighted by Crippen LogP contribution is 2.68. The van der Waals surface area contributed by atoms with E-state index in [1.165, 1.54) is 44.9 Å². The Morgan fingerprint density at radius 3 is 2.38 bits per heavy atom. The monoisotopic (exact) mass is 504 g/mol. The van der Waals surface area contributed by atoms with Gasteiger partial charge >= 0.3 is 0 Å². The molecular formula is C35H52O2. The summed E-state index contributed by atoms with van der Waals surface area (Å²) in [5, 5.41) is 11.4. The Balaban J connectivity index is 1.38. The quantitative estimate of drug-likeness (QED) is 0.377. The highest BCUT2D eigenvalue weighted by atomic mass is 16.3. The zero-order valence-electron chi connectivity index (χ0n) is 24.4. The number of hydrogen-bond donors (Lipinski definition) is 1. The van der Waals surface area contributed by atoms with Crippen LogP contribution in [0.4, 0.5) is 0 Å². The van der Waals surface area contributed by atoms with E-state index in [9.17, 15) is 9.90 Å². The van der Waals surface area contributed by atoms with Crippen LogP contribution in [0.3, 0.4) is 0 Å². The van der Waals surface area contributed by atoms with Crippen LogP contribution >= 0.6 is 0 Å². The minimum Gasteiger partial charge on any atom is -0.388 e. The molecule has 2 nitrogen and oxygen atoms in total. The second-order valence-electron chi connectivity index (χ2n) is 14.5. The third-order valence-electron chi connectivity index (χ3n) is 12.2. The first-order valence-corrected chi connectivity index (χ1v) is 15.5. The van der Waals surface area contributed by atoms with Crippen molar-refractivity contribution in [3.05, 3.63) is 47.5 Å². The Morgan fingerprint density at radius 1 is 0.973 bits per heavy atom. The van der Waals surface area contributed by atoms with Crippen molar-refractivity contribution in [1.82, 2.24) is 0 Å². The Kier molecular flexibility index (Phi) is 7.55. The van der Waals surface area contributed by atoms with Crippen LogP contribution in [0.15, 0.2) is 42.0 Å². The number of Topliss-reactive ketones (excluding diaryl/α,β-unsaturated/α-hetero) is 1. The number of carbonyl (C=O) groups excluding carboxylic acids is 1. The highest BCUT2D eigenvalue weighted by Gasteiger charge is 2.61. The van der Waals surface area contributed by atoms with E-state index in [0.717, 1.165) is 36.2 Å². The molecule has 3 unspecified atom stereocenters. The molecule has 3 saturated carbocycles. The number of hydrogen-bond acceptors (Lipinski definition) is 2. The van der Waals surface area contributed by atoms with Gasteiger partial charge in [-0.2, -0.15) is 0 Å². The number of carbonyl (C=O) groups is 1. The fraction of sp³-hybridized carbons (Fsp3) is 0.743. The summed E-state index contributed by atoms with van der Waals surface area (Å²) in [6.45, 7) is 14.5. The molecule has 5 rings (SSSR count). The van der Waals surface area contributed by atoms with E-state index in [4.69, 9.17) is 0 Å². The van der Waals surface area contributed by atoms with Crippen molar-refractivity contribution >= 4 is 5.78 Å². The van der Waals surface area contributed by atoms with Gasteiger partial charge in [-0.1, -0.05) is 103 Å². The van der Waals surface area contributed by atoms with E-state index in [2.05, 4.69) is 47.6 Å². The molecule has 1 N–H and O–H groups in total. The average molecular weight is 505 g/mol. The number of benzene rings is 1. The lowest BCUT2D eigenvalue weighted by Crippen LogP contribution is -2.54. The minimum atomic E-state index is -0.695. The molecule has 1 aromatic rings. The molecule has 0 heterocycles. The molecule has 10 atom stereocenters. The molecule has 4 aliphatic carbocycles. The number of fused-ring (bicyclic) bond motifs is 5. The normalized spacial score (nSPS) is 41.0. The summed E-state index contributed by atoms with van der Waals surface area (Å²) in [6, 6.07) is 9.90. The van der Waals surface area contributed by atoms with Gasteiger partial charge in [-0.3, -0.25) is 4.79 Å². The van der Waals surface area contributed by atoms with Crippen LogP contribution in [-0.4, -0.2) is 10.9 Å². The first-order valence-electron chi connectivity index (χ1n) is 15.5. The average Bonchev–Trinajstić information content (AvgIpc) is 3.23. The van der Waals surface area contributed by atoms with Crippen LogP contribution in [0.1, 0.15) is 111 Å². The van der Waals surface area contributed by atoms with Gasteiger partial charge in [0.1, 0.15) is 5.78 Å². The molecule has 4 aliphatic rings. The van der Waals surface area contributed by atoms with E-state index >= 15 is 0 Å². The predicted octanol–water partition coefficient (Wildman–Crippen LogP) is 8.80. The fourth-order valence-corrected chi connectivity index (χ4v) is 10.1. The van der Waals surface area contributed by atoms with E-state index < -0.39 is 6.10 Å². The van der Waals surface area contributed by atoms with Crippen LogP contribution in [-0.2, 0) is 4.79 Å². The Bertz CT molecular complexity index is 994. The molecule has 2 heteroatoms. The van der Waals surface area contributed by atoms with E-state index in [0.29, 0.717) is 23.2 Å². The second kappa shape index (κ2) is 10.3. The fourth-order valence-electron chi connectivity index (χ4n) is 10.1. The maximum Gasteiger partial charge on any atom is 0.142 e. The Labute approximate surface area is 226 Å². The van der Waals surface area contributed by atoms with Crippen molar-refractivity contribution in [2.24, 2.45) is 58.2 Å². The maximum atomic E-state index is 13.6. The van der Waals surface area contributed by atoms with Crippen molar-refractivity contribution in [2.75, 3.05) is 0 Å². The van der Waals surface area contributed by atoms with Crippen LogP contribution in [0.5, 0.6) is 0 Å². The number of rotatable bonds is 7. The largest absolute Gasteiger partial charge is 0.388 e. The number of aliphatic hydroxyl groups excluding tert-OH is 1. The molecule has 37 heavy (non-hydrogen) atoms. The van der Waals surface area contributed by atoms with Gasteiger partial charge in [0.2, 0.25) is 0 Å². The topological polar surface area (TPSA) is 37.3 Å². The summed E-state index contributed by atoms with van der Waals surface area (Å²) >= 11 is 0. The molecule has 204 valence electrons. The highest BCUT2D eigenvalue weighted by molar-refractivity contribution is 5.85. The van der Waals surface area contributed by atoms with Gasteiger partial charge in [-0.05, 0) is 90.4 Å². The van der Waals surface area contributed by atoms with Crippen molar-refractivity contribution in [3.8, 4) is 0 Å². The van der Waals surface area contributed by atoms with Gasteiger partial charge in [-0.15, -0.1) is 0 Å². The van der Waals surface area contributed by atoms with Gasteiger partial charge < -0.3 is 5.11 Å². The van der Waals surface area contributed by atoms with Crippen LogP contribution in [0.25, 0.3) is 0 Å². The lowest BCUT2D eigenvalue weighted by Gasteiger charge is -2.59. The van der Waals surface area contributed by atoms with E-state index in [1.807, 2.05) is 30.3 Å². The van der Waals surface area contributed by atoms with Crippen molar-refractivity contribution in [3.63, 3.8) is 0 Å². The van der Waals surface area contributed by atoms with Crippen molar-refractivity contribution in [2.45, 2.75) is 105 Å². The third-order valence-corrected chi connectivity index (χ3v) is 12.2. The summed E-state index contributed by atoms with van der Waals surface area (Å²) in [4.78, 5) is 13.6. The summed E-state index contributed by atoms with van der Waals surface area (Å²) in [5.41, 5.74) is 3.17. The van der Waals surface area contributed by atoms with Crippen molar-refractivity contribution in [1.29, 1.82) is 0 Å². The molecule has 0 spiro atoms. The SMILES string of the molecule is CC(C)CCC[C@@H](C)[C@H]1CC[C@H]2C3=CCC4[C@H](C)C(=O)C(C(O)c5ccccc5)C[C@]4(C)[C@H]3CC[C@]12C. The lowest BCUT2D eigenvalue weighted by molar-refractivity contribution is -0.147. The zero-order valence-corrected chi connectivity index (χ0v) is 24.4. The van der Waals surface area contributed by atoms with Crippen LogP contribution in [0.2, 0.25) is 0 Å². The molecule has 0 bridgehead atoms. The van der Waals surface area contributed by atoms with E-state index in [-0.39, 0.29) is 23.0 Å². The second-order valence-corrected chi connectivity index (χ2v) is 14.5. The van der Waals surface area contributed by atoms with E-state index in [1.54, 1.807) is 5.57 Å². The molecule has 0 aliphatic heterocycles. The molecular weight excluding hydrogens is 452 g/mol. The summed E-state index contributed by atoms with van der Waals surface area (Å²) in [5.74, 6) is 4.18. The van der Waals surface area contributed by atoms with Crippen molar-refractivity contribution < 1.29 is 9.90 Å². The minimum absolute atomic E-state index is 0.0190. The number of allylic oxidation sites excluding steroid dienone is 2. The summed E-state index contributed by atoms with van der Waals surface area (Å²) < 4.78 is 0.